The predicted molar refractivity (Wildman–Crippen MR) is 151 cm³/mol. The van der Waals surface area contributed by atoms with Crippen LogP contribution in [0.2, 0.25) is 5.02 Å². The van der Waals surface area contributed by atoms with Crippen LogP contribution in [-0.2, 0) is 17.9 Å². The van der Waals surface area contributed by atoms with Gasteiger partial charge in [0, 0.05) is 12.6 Å². The third-order valence-corrected chi connectivity index (χ3v) is 7.69. The minimum atomic E-state index is -0.434. The van der Waals surface area contributed by atoms with Gasteiger partial charge in [-0.15, -0.1) is 0 Å². The number of benzene rings is 3. The number of hydrogen-bond acceptors (Lipinski definition) is 3. The molecule has 1 aromatic heterocycles. The summed E-state index contributed by atoms with van der Waals surface area (Å²) in [7, 11) is 0. The highest BCUT2D eigenvalue weighted by Gasteiger charge is 2.28. The van der Waals surface area contributed by atoms with Crippen molar-refractivity contribution in [2.75, 3.05) is 0 Å². The van der Waals surface area contributed by atoms with E-state index in [-0.39, 0.29) is 24.4 Å². The number of hydrogen-bond donors (Lipinski definition) is 1. The number of halogens is 1. The molecule has 3 aromatic carbocycles. The maximum Gasteiger partial charge on any atom is 0.253 e. The Morgan fingerprint density at radius 3 is 2.42 bits per heavy atom. The number of imidazole rings is 1. The monoisotopic (exact) mass is 528 g/mol. The van der Waals surface area contributed by atoms with E-state index in [9.17, 15) is 9.59 Å². The molecule has 5 rings (SSSR count). The molecule has 0 spiro atoms. The first-order valence-electron chi connectivity index (χ1n) is 13.3. The number of aromatic nitrogens is 2. The van der Waals surface area contributed by atoms with Gasteiger partial charge in [0.15, 0.2) is 0 Å². The Hall–Kier alpha value is -3.64. The van der Waals surface area contributed by atoms with Crippen LogP contribution in [0.25, 0.3) is 11.0 Å². The Morgan fingerprint density at radius 1 is 0.974 bits per heavy atom. The Balaban J connectivity index is 1.44. The maximum atomic E-state index is 14.0. The molecule has 1 aliphatic rings. The van der Waals surface area contributed by atoms with Gasteiger partial charge in [-0.3, -0.25) is 9.59 Å². The van der Waals surface area contributed by atoms with Crippen LogP contribution in [0.4, 0.5) is 0 Å². The summed E-state index contributed by atoms with van der Waals surface area (Å²) < 4.78 is 1.95. The number of rotatable bonds is 8. The van der Waals surface area contributed by atoms with E-state index in [1.54, 1.807) is 24.3 Å². The molecule has 0 radical (unpaired) electrons. The lowest BCUT2D eigenvalue weighted by molar-refractivity contribution is -0.135. The van der Waals surface area contributed by atoms with Crippen molar-refractivity contribution in [2.45, 2.75) is 64.2 Å². The Bertz CT molecular complexity index is 1410. The molecule has 4 aromatic rings. The molecule has 1 N–H and O–H groups in total. The fourth-order valence-corrected chi connectivity index (χ4v) is 5.62. The number of para-hydroxylation sites is 2. The fourth-order valence-electron chi connectivity index (χ4n) is 5.39. The second-order valence-electron chi connectivity index (χ2n) is 10.0. The van der Waals surface area contributed by atoms with E-state index in [1.807, 2.05) is 54.0 Å². The summed E-state index contributed by atoms with van der Waals surface area (Å²) in [5.74, 6) is 0.430. The quantitative estimate of drug-likeness (QED) is 0.282. The Morgan fingerprint density at radius 2 is 1.66 bits per heavy atom. The SMILES string of the molecule is CC(NC(=O)c1ccccc1Cl)c1nc2ccccc2n1CC(=O)N(Cc1ccccc1)C1CCCCC1. The van der Waals surface area contributed by atoms with E-state index in [4.69, 9.17) is 16.6 Å². The van der Waals surface area contributed by atoms with Crippen LogP contribution in [0, 0.1) is 0 Å². The predicted octanol–water partition coefficient (Wildman–Crippen LogP) is 6.54. The van der Waals surface area contributed by atoms with Crippen molar-refractivity contribution >= 4 is 34.4 Å². The second-order valence-corrected chi connectivity index (χ2v) is 10.4. The molecule has 1 fully saturated rings. The van der Waals surface area contributed by atoms with Gasteiger partial charge in [-0.2, -0.15) is 0 Å². The van der Waals surface area contributed by atoms with Gasteiger partial charge < -0.3 is 14.8 Å². The van der Waals surface area contributed by atoms with E-state index in [0.717, 1.165) is 42.3 Å². The molecule has 1 heterocycles. The Labute approximate surface area is 228 Å². The molecule has 1 unspecified atom stereocenters. The lowest BCUT2D eigenvalue weighted by Gasteiger charge is -2.35. The van der Waals surface area contributed by atoms with E-state index in [2.05, 4.69) is 22.3 Å². The lowest BCUT2D eigenvalue weighted by Crippen LogP contribution is -2.43. The summed E-state index contributed by atoms with van der Waals surface area (Å²) in [4.78, 5) is 33.9. The number of carbonyl (C=O) groups is 2. The standard InChI is InChI=1S/C31H33ClN4O2/c1-22(33-31(38)25-16-8-9-17-26(25)32)30-34-27-18-10-11-19-28(27)36(30)21-29(37)35(24-14-6-3-7-15-24)20-23-12-4-2-5-13-23/h2,4-5,8-13,16-19,22,24H,3,6-7,14-15,20-21H2,1H3,(H,33,38). The van der Waals surface area contributed by atoms with E-state index in [0.29, 0.717) is 23.0 Å². The third-order valence-electron chi connectivity index (χ3n) is 7.36. The molecule has 38 heavy (non-hydrogen) atoms. The Kier molecular flexibility index (Phi) is 8.08. The van der Waals surface area contributed by atoms with Crippen LogP contribution in [-0.4, -0.2) is 32.3 Å². The average molecular weight is 529 g/mol. The van der Waals surface area contributed by atoms with Gasteiger partial charge in [0.25, 0.3) is 5.91 Å². The lowest BCUT2D eigenvalue weighted by atomic mass is 9.93. The fraction of sp³-hybridized carbons (Fsp3) is 0.323. The molecule has 1 aliphatic carbocycles. The molecule has 0 saturated heterocycles. The molecule has 196 valence electrons. The van der Waals surface area contributed by atoms with Crippen molar-refractivity contribution < 1.29 is 9.59 Å². The van der Waals surface area contributed by atoms with Gasteiger partial charge in [-0.25, -0.2) is 4.98 Å². The summed E-state index contributed by atoms with van der Waals surface area (Å²) in [6.45, 7) is 2.64. The van der Waals surface area contributed by atoms with Crippen molar-refractivity contribution in [3.63, 3.8) is 0 Å². The van der Waals surface area contributed by atoms with Gasteiger partial charge >= 0.3 is 0 Å². The number of amides is 2. The smallest absolute Gasteiger partial charge is 0.253 e. The molecule has 2 amide bonds. The van der Waals surface area contributed by atoms with Gasteiger partial charge in [0.2, 0.25) is 5.91 Å². The highest BCUT2D eigenvalue weighted by atomic mass is 35.5. The van der Waals surface area contributed by atoms with Crippen LogP contribution in [0.15, 0.2) is 78.9 Å². The molecule has 1 atom stereocenters. The summed E-state index contributed by atoms with van der Waals surface area (Å²) in [5.41, 5.74) is 3.20. The van der Waals surface area contributed by atoms with Crippen LogP contribution >= 0.6 is 11.6 Å². The van der Waals surface area contributed by atoms with Gasteiger partial charge in [-0.1, -0.05) is 85.5 Å². The van der Waals surface area contributed by atoms with Crippen LogP contribution in [0.5, 0.6) is 0 Å². The summed E-state index contributed by atoms with van der Waals surface area (Å²) in [5, 5.41) is 3.42. The van der Waals surface area contributed by atoms with Crippen molar-refractivity contribution in [1.82, 2.24) is 19.8 Å². The van der Waals surface area contributed by atoms with Crippen LogP contribution in [0.3, 0.4) is 0 Å². The van der Waals surface area contributed by atoms with Crippen molar-refractivity contribution in [3.05, 3.63) is 101 Å². The molecule has 0 bridgehead atoms. The molecule has 6 nitrogen and oxygen atoms in total. The summed E-state index contributed by atoms with van der Waals surface area (Å²) in [6, 6.07) is 24.7. The highest BCUT2D eigenvalue weighted by molar-refractivity contribution is 6.33. The number of fused-ring (bicyclic) bond motifs is 1. The second kappa shape index (κ2) is 11.8. The molecular weight excluding hydrogens is 496 g/mol. The minimum absolute atomic E-state index is 0.0646. The largest absolute Gasteiger partial charge is 0.342 e. The zero-order valence-electron chi connectivity index (χ0n) is 21.6. The summed E-state index contributed by atoms with van der Waals surface area (Å²) >= 11 is 6.26. The van der Waals surface area contributed by atoms with Crippen molar-refractivity contribution in [3.8, 4) is 0 Å². The molecule has 0 aliphatic heterocycles. The number of carbonyl (C=O) groups excluding carboxylic acids is 2. The zero-order chi connectivity index (χ0) is 26.5. The maximum absolute atomic E-state index is 14.0. The zero-order valence-corrected chi connectivity index (χ0v) is 22.4. The van der Waals surface area contributed by atoms with E-state index >= 15 is 0 Å². The van der Waals surface area contributed by atoms with Crippen molar-refractivity contribution in [1.29, 1.82) is 0 Å². The molecule has 1 saturated carbocycles. The number of nitrogens with zero attached hydrogens (tertiary/aromatic N) is 3. The van der Waals surface area contributed by atoms with Gasteiger partial charge in [0.05, 0.1) is 27.7 Å². The first-order valence-corrected chi connectivity index (χ1v) is 13.7. The highest BCUT2D eigenvalue weighted by Crippen LogP contribution is 2.27. The van der Waals surface area contributed by atoms with Gasteiger partial charge in [0.1, 0.15) is 12.4 Å². The van der Waals surface area contributed by atoms with E-state index < -0.39 is 6.04 Å². The average Bonchev–Trinajstić information content (AvgIpc) is 3.31. The normalized spacial score (nSPS) is 14.8. The molecular formula is C31H33ClN4O2. The minimum Gasteiger partial charge on any atom is -0.342 e. The molecule has 7 heteroatoms. The topological polar surface area (TPSA) is 67.2 Å². The third kappa shape index (κ3) is 5.76. The van der Waals surface area contributed by atoms with Crippen LogP contribution < -0.4 is 5.32 Å². The van der Waals surface area contributed by atoms with E-state index in [1.165, 1.54) is 6.42 Å². The van der Waals surface area contributed by atoms with Gasteiger partial charge in [-0.05, 0) is 49.6 Å². The van der Waals surface area contributed by atoms with Crippen LogP contribution in [0.1, 0.15) is 66.8 Å². The van der Waals surface area contributed by atoms with Crippen molar-refractivity contribution in [2.24, 2.45) is 0 Å². The summed E-state index contributed by atoms with van der Waals surface area (Å²) in [6.07, 6.45) is 5.57. The number of nitrogens with one attached hydrogen (secondary N) is 1. The first-order chi connectivity index (χ1) is 18.5. The first kappa shape index (κ1) is 26.0.